The van der Waals surface area contributed by atoms with E-state index in [9.17, 15) is 9.59 Å². The van der Waals surface area contributed by atoms with Gasteiger partial charge in [0.1, 0.15) is 0 Å². The monoisotopic (exact) mass is 358 g/mol. The van der Waals surface area contributed by atoms with Crippen molar-refractivity contribution in [2.45, 2.75) is 77.3 Å². The summed E-state index contributed by atoms with van der Waals surface area (Å²) in [6.07, 6.45) is 8.58. The summed E-state index contributed by atoms with van der Waals surface area (Å²) >= 11 is 0. The van der Waals surface area contributed by atoms with E-state index in [2.05, 4.69) is 19.2 Å². The molecule has 1 aromatic rings. The second-order valence-corrected chi connectivity index (χ2v) is 9.06. The van der Waals surface area contributed by atoms with Gasteiger partial charge in [0.25, 0.3) is 5.91 Å². The van der Waals surface area contributed by atoms with Gasteiger partial charge >= 0.3 is 0 Å². The summed E-state index contributed by atoms with van der Waals surface area (Å²) in [5, 5.41) is 3.40. The smallest absolute Gasteiger partial charge is 0.289 e. The molecule has 0 radical (unpaired) electrons. The number of hydrogen-bond donors (Lipinski definition) is 1. The molecule has 5 nitrogen and oxygen atoms in total. The fourth-order valence-corrected chi connectivity index (χ4v) is 5.36. The van der Waals surface area contributed by atoms with E-state index in [1.54, 1.807) is 12.3 Å². The van der Waals surface area contributed by atoms with Crippen molar-refractivity contribution in [1.29, 1.82) is 0 Å². The van der Waals surface area contributed by atoms with E-state index in [0.29, 0.717) is 17.7 Å². The van der Waals surface area contributed by atoms with Crippen LogP contribution in [0.15, 0.2) is 16.7 Å². The molecular formula is C21H30N2O3. The first-order chi connectivity index (χ1) is 12.4. The molecule has 2 atom stereocenters. The molecule has 2 aliphatic carbocycles. The van der Waals surface area contributed by atoms with E-state index in [4.69, 9.17) is 4.42 Å². The molecule has 2 unspecified atom stereocenters. The first kappa shape index (κ1) is 17.6. The Morgan fingerprint density at radius 1 is 1.35 bits per heavy atom. The summed E-state index contributed by atoms with van der Waals surface area (Å²) in [4.78, 5) is 27.6. The van der Waals surface area contributed by atoms with Crippen LogP contribution < -0.4 is 5.32 Å². The van der Waals surface area contributed by atoms with Gasteiger partial charge in [0.15, 0.2) is 5.76 Å². The first-order valence-electron chi connectivity index (χ1n) is 10.0. The number of furan rings is 1. The van der Waals surface area contributed by atoms with Gasteiger partial charge in [-0.3, -0.25) is 9.59 Å². The highest BCUT2D eigenvalue weighted by molar-refractivity contribution is 5.92. The summed E-state index contributed by atoms with van der Waals surface area (Å²) in [6, 6.07) is 1.90. The van der Waals surface area contributed by atoms with E-state index in [-0.39, 0.29) is 29.3 Å². The van der Waals surface area contributed by atoms with Crippen molar-refractivity contribution in [2.24, 2.45) is 11.3 Å². The molecule has 142 valence electrons. The van der Waals surface area contributed by atoms with E-state index >= 15 is 0 Å². The number of nitrogens with one attached hydrogen (secondary N) is 1. The highest BCUT2D eigenvalue weighted by atomic mass is 16.3. The molecule has 3 aliphatic rings. The third-order valence-corrected chi connectivity index (χ3v) is 7.19. The zero-order chi connectivity index (χ0) is 18.5. The number of carbonyl (C=O) groups excluding carboxylic acids is 2. The topological polar surface area (TPSA) is 62.6 Å². The molecule has 0 bridgehead atoms. The number of fused-ring (bicyclic) bond motifs is 1. The lowest BCUT2D eigenvalue weighted by molar-refractivity contribution is -0.134. The van der Waals surface area contributed by atoms with Crippen LogP contribution in [0.5, 0.6) is 0 Å². The van der Waals surface area contributed by atoms with Crippen LogP contribution in [0, 0.1) is 18.3 Å². The van der Waals surface area contributed by atoms with Crippen molar-refractivity contribution in [1.82, 2.24) is 10.2 Å². The largest absolute Gasteiger partial charge is 0.459 e. The maximum absolute atomic E-state index is 12.9. The predicted octanol–water partition coefficient (Wildman–Crippen LogP) is 3.67. The molecule has 2 saturated carbocycles. The zero-order valence-corrected chi connectivity index (χ0v) is 16.1. The number of nitrogens with zero attached hydrogens (tertiary/aromatic N) is 1. The summed E-state index contributed by atoms with van der Waals surface area (Å²) in [5.74, 6) is 0.719. The molecule has 4 rings (SSSR count). The van der Waals surface area contributed by atoms with Crippen LogP contribution in [-0.2, 0) is 4.79 Å². The predicted molar refractivity (Wildman–Crippen MR) is 98.7 cm³/mol. The maximum Gasteiger partial charge on any atom is 0.289 e. The van der Waals surface area contributed by atoms with Gasteiger partial charge in [-0.25, -0.2) is 0 Å². The summed E-state index contributed by atoms with van der Waals surface area (Å²) in [6.45, 7) is 7.10. The van der Waals surface area contributed by atoms with Gasteiger partial charge in [-0.15, -0.1) is 0 Å². The van der Waals surface area contributed by atoms with Crippen LogP contribution in [0.2, 0.25) is 0 Å². The van der Waals surface area contributed by atoms with Gasteiger partial charge in [-0.05, 0) is 62.5 Å². The molecule has 5 heteroatoms. The van der Waals surface area contributed by atoms with Gasteiger partial charge in [-0.2, -0.15) is 0 Å². The van der Waals surface area contributed by atoms with Gasteiger partial charge in [0, 0.05) is 12.5 Å². The number of carbonyl (C=O) groups is 2. The number of aryl methyl sites for hydroxylation is 1. The molecule has 1 aromatic heterocycles. The Balaban J connectivity index is 1.45. The van der Waals surface area contributed by atoms with Crippen molar-refractivity contribution in [3.05, 3.63) is 23.7 Å². The van der Waals surface area contributed by atoms with Crippen LogP contribution in [0.1, 0.15) is 74.9 Å². The van der Waals surface area contributed by atoms with Crippen molar-refractivity contribution < 1.29 is 14.0 Å². The molecule has 1 aliphatic heterocycles. The lowest BCUT2D eigenvalue weighted by Crippen LogP contribution is -2.57. The zero-order valence-electron chi connectivity index (χ0n) is 16.1. The van der Waals surface area contributed by atoms with Crippen LogP contribution >= 0.6 is 0 Å². The Labute approximate surface area is 155 Å². The van der Waals surface area contributed by atoms with E-state index in [1.807, 2.05) is 11.8 Å². The summed E-state index contributed by atoms with van der Waals surface area (Å²) < 4.78 is 5.42. The molecule has 3 fully saturated rings. The Morgan fingerprint density at radius 3 is 2.77 bits per heavy atom. The van der Waals surface area contributed by atoms with E-state index in [0.717, 1.165) is 50.5 Å². The van der Waals surface area contributed by atoms with Crippen LogP contribution in [-0.4, -0.2) is 34.8 Å². The number of likely N-dealkylation sites (tertiary alicyclic amines) is 1. The van der Waals surface area contributed by atoms with Crippen molar-refractivity contribution in [3.8, 4) is 0 Å². The molecule has 26 heavy (non-hydrogen) atoms. The van der Waals surface area contributed by atoms with Gasteiger partial charge < -0.3 is 14.6 Å². The molecule has 0 aromatic carbocycles. The minimum atomic E-state index is -0.230. The maximum atomic E-state index is 12.9. The molecule has 2 amide bonds. The van der Waals surface area contributed by atoms with Crippen LogP contribution in [0.3, 0.4) is 0 Å². The van der Waals surface area contributed by atoms with Crippen LogP contribution in [0.4, 0.5) is 0 Å². The average Bonchev–Trinajstić information content (AvgIpc) is 3.26. The van der Waals surface area contributed by atoms with Crippen molar-refractivity contribution >= 4 is 11.8 Å². The minimum Gasteiger partial charge on any atom is -0.459 e. The average molecular weight is 358 g/mol. The lowest BCUT2D eigenvalue weighted by Gasteiger charge is -2.45. The molecule has 0 spiro atoms. The number of amides is 2. The molecule has 1 saturated heterocycles. The summed E-state index contributed by atoms with van der Waals surface area (Å²) in [5.41, 5.74) is 1.07. The highest BCUT2D eigenvalue weighted by Gasteiger charge is 2.54. The number of hydrogen-bond acceptors (Lipinski definition) is 3. The second kappa shape index (κ2) is 6.14. The number of rotatable bonds is 4. The highest BCUT2D eigenvalue weighted by Crippen LogP contribution is 2.49. The van der Waals surface area contributed by atoms with E-state index < -0.39 is 0 Å². The Bertz CT molecular complexity index is 719. The fourth-order valence-electron chi connectivity index (χ4n) is 5.36. The third kappa shape index (κ3) is 2.76. The quantitative estimate of drug-likeness (QED) is 0.893. The minimum absolute atomic E-state index is 0.0386. The molecule has 2 heterocycles. The Morgan fingerprint density at radius 2 is 2.12 bits per heavy atom. The standard InChI is InChI=1S/C21H30N2O3/c1-4-20(3)11-15(12-20)18(24)22-21-7-5-6-17(21)23(9-8-21)19(25)16-10-14(2)13-26-16/h10,13,15,17H,4-9,11-12H2,1-3H3,(H,22,24). The first-order valence-corrected chi connectivity index (χ1v) is 10.0. The third-order valence-electron chi connectivity index (χ3n) is 7.19. The lowest BCUT2D eigenvalue weighted by atomic mass is 9.61. The van der Waals surface area contributed by atoms with Crippen molar-refractivity contribution in [3.63, 3.8) is 0 Å². The van der Waals surface area contributed by atoms with Gasteiger partial charge in [0.05, 0.1) is 17.8 Å². The Kier molecular flexibility index (Phi) is 4.16. The molecule has 1 N–H and O–H groups in total. The van der Waals surface area contributed by atoms with Crippen LogP contribution in [0.25, 0.3) is 0 Å². The van der Waals surface area contributed by atoms with Gasteiger partial charge in [-0.1, -0.05) is 20.3 Å². The molecular weight excluding hydrogens is 328 g/mol. The SMILES string of the molecule is CCC1(C)CC(C(=O)NC23CCCC2N(C(=O)c2cc(C)co2)CC3)C1. The van der Waals surface area contributed by atoms with Crippen molar-refractivity contribution in [2.75, 3.05) is 6.54 Å². The second-order valence-electron chi connectivity index (χ2n) is 9.06. The fraction of sp³-hybridized carbons (Fsp3) is 0.714. The summed E-state index contributed by atoms with van der Waals surface area (Å²) in [7, 11) is 0. The van der Waals surface area contributed by atoms with Gasteiger partial charge in [0.2, 0.25) is 5.91 Å². The normalized spacial score (nSPS) is 35.9. The Hall–Kier alpha value is -1.78. The van der Waals surface area contributed by atoms with E-state index in [1.165, 1.54) is 0 Å².